The standard InChI is InChI=1S/C15H24N4O2/c1-11-5-4-6-14(16-11)18-15(20)17-12(2)13(3)19-7-9-21-10-8-19/h4-6,12-13H,7-10H2,1-3H3,(H2,16,17,18,20). The fraction of sp³-hybridized carbons (Fsp3) is 0.600. The highest BCUT2D eigenvalue weighted by atomic mass is 16.5. The zero-order valence-electron chi connectivity index (χ0n) is 12.9. The SMILES string of the molecule is Cc1cccc(NC(=O)NC(C)C(C)N2CCOCC2)n1. The van der Waals surface area contributed by atoms with Crippen molar-refractivity contribution in [3.63, 3.8) is 0 Å². The van der Waals surface area contributed by atoms with Crippen LogP contribution in [0.5, 0.6) is 0 Å². The van der Waals surface area contributed by atoms with Gasteiger partial charge in [0, 0.05) is 30.9 Å². The molecule has 6 heteroatoms. The second kappa shape index (κ2) is 7.38. The van der Waals surface area contributed by atoms with Gasteiger partial charge in [-0.3, -0.25) is 10.2 Å². The lowest BCUT2D eigenvalue weighted by Crippen LogP contribution is -2.52. The molecule has 2 unspecified atom stereocenters. The molecule has 6 nitrogen and oxygen atoms in total. The lowest BCUT2D eigenvalue weighted by atomic mass is 10.1. The van der Waals surface area contributed by atoms with Crippen molar-refractivity contribution in [2.75, 3.05) is 31.6 Å². The molecule has 0 saturated carbocycles. The van der Waals surface area contributed by atoms with E-state index in [9.17, 15) is 4.79 Å². The van der Waals surface area contributed by atoms with Gasteiger partial charge in [0.25, 0.3) is 0 Å². The molecule has 116 valence electrons. The summed E-state index contributed by atoms with van der Waals surface area (Å²) in [5.74, 6) is 0.568. The van der Waals surface area contributed by atoms with E-state index in [0.29, 0.717) is 5.82 Å². The molecule has 1 aromatic rings. The Bertz CT molecular complexity index is 474. The van der Waals surface area contributed by atoms with Crippen molar-refractivity contribution < 1.29 is 9.53 Å². The Kier molecular flexibility index (Phi) is 5.52. The maximum atomic E-state index is 12.0. The van der Waals surface area contributed by atoms with Crippen LogP contribution in [0.3, 0.4) is 0 Å². The van der Waals surface area contributed by atoms with E-state index in [4.69, 9.17) is 4.74 Å². The first kappa shape index (κ1) is 15.7. The normalized spacial score (nSPS) is 18.8. The summed E-state index contributed by atoms with van der Waals surface area (Å²) in [4.78, 5) is 18.6. The number of urea groups is 1. The number of pyridine rings is 1. The van der Waals surface area contributed by atoms with Crippen LogP contribution < -0.4 is 10.6 Å². The topological polar surface area (TPSA) is 66.5 Å². The highest BCUT2D eigenvalue weighted by Gasteiger charge is 2.23. The molecule has 0 aromatic carbocycles. The van der Waals surface area contributed by atoms with Gasteiger partial charge >= 0.3 is 6.03 Å². The first-order valence-corrected chi connectivity index (χ1v) is 7.39. The van der Waals surface area contributed by atoms with Crippen molar-refractivity contribution in [3.8, 4) is 0 Å². The zero-order valence-corrected chi connectivity index (χ0v) is 12.9. The molecular weight excluding hydrogens is 268 g/mol. The van der Waals surface area contributed by atoms with Crippen LogP contribution in [0.15, 0.2) is 18.2 Å². The lowest BCUT2D eigenvalue weighted by molar-refractivity contribution is 0.0146. The van der Waals surface area contributed by atoms with Gasteiger partial charge in [0.15, 0.2) is 0 Å². The highest BCUT2D eigenvalue weighted by Crippen LogP contribution is 2.08. The minimum absolute atomic E-state index is 0.0490. The van der Waals surface area contributed by atoms with E-state index in [0.717, 1.165) is 32.0 Å². The Hall–Kier alpha value is -1.66. The third-order valence-electron chi connectivity index (χ3n) is 3.83. The van der Waals surface area contributed by atoms with Crippen LogP contribution in [0.1, 0.15) is 19.5 Å². The number of ether oxygens (including phenoxy) is 1. The Balaban J connectivity index is 1.83. The maximum Gasteiger partial charge on any atom is 0.320 e. The molecule has 2 amide bonds. The van der Waals surface area contributed by atoms with Crippen molar-refractivity contribution in [1.29, 1.82) is 0 Å². The number of carbonyl (C=O) groups excluding carboxylic acids is 1. The van der Waals surface area contributed by atoms with Crippen LogP contribution in [-0.2, 0) is 4.74 Å². The number of amides is 2. The number of anilines is 1. The predicted octanol–water partition coefficient (Wildman–Crippen LogP) is 1.62. The smallest absolute Gasteiger partial charge is 0.320 e. The van der Waals surface area contributed by atoms with Crippen molar-refractivity contribution in [2.45, 2.75) is 32.9 Å². The number of hydrogen-bond acceptors (Lipinski definition) is 4. The number of morpholine rings is 1. The monoisotopic (exact) mass is 292 g/mol. The predicted molar refractivity (Wildman–Crippen MR) is 82.4 cm³/mol. The first-order valence-electron chi connectivity index (χ1n) is 7.39. The zero-order chi connectivity index (χ0) is 15.2. The van der Waals surface area contributed by atoms with Gasteiger partial charge in [-0.2, -0.15) is 0 Å². The Labute approximate surface area is 125 Å². The van der Waals surface area contributed by atoms with Gasteiger partial charge < -0.3 is 10.1 Å². The molecule has 0 bridgehead atoms. The van der Waals surface area contributed by atoms with Crippen molar-refractivity contribution >= 4 is 11.8 Å². The summed E-state index contributed by atoms with van der Waals surface area (Å²) >= 11 is 0. The average molecular weight is 292 g/mol. The van der Waals surface area contributed by atoms with Crippen molar-refractivity contribution in [3.05, 3.63) is 23.9 Å². The number of carbonyl (C=O) groups is 1. The van der Waals surface area contributed by atoms with Gasteiger partial charge in [0.05, 0.1) is 13.2 Å². The number of hydrogen-bond donors (Lipinski definition) is 2. The molecule has 2 atom stereocenters. The minimum Gasteiger partial charge on any atom is -0.379 e. The van der Waals surface area contributed by atoms with Crippen molar-refractivity contribution in [2.24, 2.45) is 0 Å². The van der Waals surface area contributed by atoms with E-state index in [-0.39, 0.29) is 18.1 Å². The molecule has 1 aromatic heterocycles. The van der Waals surface area contributed by atoms with E-state index in [1.54, 1.807) is 6.07 Å². The second-order valence-electron chi connectivity index (χ2n) is 5.44. The second-order valence-corrected chi connectivity index (χ2v) is 5.44. The van der Waals surface area contributed by atoms with E-state index in [1.807, 2.05) is 26.0 Å². The van der Waals surface area contributed by atoms with E-state index < -0.39 is 0 Å². The summed E-state index contributed by atoms with van der Waals surface area (Å²) in [6, 6.07) is 5.64. The number of aromatic nitrogens is 1. The third-order valence-corrected chi connectivity index (χ3v) is 3.83. The third kappa shape index (κ3) is 4.68. The molecule has 21 heavy (non-hydrogen) atoms. The number of nitrogens with one attached hydrogen (secondary N) is 2. The summed E-state index contributed by atoms with van der Waals surface area (Å²) < 4.78 is 5.35. The summed E-state index contributed by atoms with van der Waals surface area (Å²) in [5, 5.41) is 5.74. The van der Waals surface area contributed by atoms with Gasteiger partial charge in [0.2, 0.25) is 0 Å². The van der Waals surface area contributed by atoms with E-state index in [1.165, 1.54) is 0 Å². The van der Waals surface area contributed by atoms with E-state index in [2.05, 4.69) is 27.4 Å². The van der Waals surface area contributed by atoms with Gasteiger partial charge in [-0.25, -0.2) is 9.78 Å². The number of aryl methyl sites for hydroxylation is 1. The van der Waals surface area contributed by atoms with Crippen LogP contribution in [-0.4, -0.2) is 54.3 Å². The summed E-state index contributed by atoms with van der Waals surface area (Å²) in [7, 11) is 0. The molecule has 1 fully saturated rings. The molecule has 1 saturated heterocycles. The Morgan fingerprint density at radius 1 is 1.33 bits per heavy atom. The van der Waals surface area contributed by atoms with E-state index >= 15 is 0 Å². The molecule has 2 rings (SSSR count). The molecule has 0 spiro atoms. The first-order chi connectivity index (χ1) is 10.1. The molecule has 0 aliphatic carbocycles. The molecule has 1 aliphatic rings. The van der Waals surface area contributed by atoms with Gasteiger partial charge in [-0.05, 0) is 32.9 Å². The number of nitrogens with zero attached hydrogens (tertiary/aromatic N) is 2. The van der Waals surface area contributed by atoms with Crippen LogP contribution in [0.4, 0.5) is 10.6 Å². The van der Waals surface area contributed by atoms with Gasteiger partial charge in [0.1, 0.15) is 5.82 Å². The highest BCUT2D eigenvalue weighted by molar-refractivity contribution is 5.88. The summed E-state index contributed by atoms with van der Waals surface area (Å²) in [5.41, 5.74) is 0.877. The summed E-state index contributed by atoms with van der Waals surface area (Å²) in [6.07, 6.45) is 0. The van der Waals surface area contributed by atoms with Gasteiger partial charge in [-0.15, -0.1) is 0 Å². The average Bonchev–Trinajstić information content (AvgIpc) is 2.47. The maximum absolute atomic E-state index is 12.0. The Morgan fingerprint density at radius 2 is 2.05 bits per heavy atom. The Morgan fingerprint density at radius 3 is 2.71 bits per heavy atom. The molecule has 1 aliphatic heterocycles. The molecule has 2 heterocycles. The van der Waals surface area contributed by atoms with Crippen molar-refractivity contribution in [1.82, 2.24) is 15.2 Å². The largest absolute Gasteiger partial charge is 0.379 e. The summed E-state index contributed by atoms with van der Waals surface area (Å²) in [6.45, 7) is 9.38. The van der Waals surface area contributed by atoms with Crippen LogP contribution in [0.25, 0.3) is 0 Å². The molecular formula is C15H24N4O2. The number of rotatable bonds is 4. The van der Waals surface area contributed by atoms with Gasteiger partial charge in [-0.1, -0.05) is 6.07 Å². The fourth-order valence-corrected chi connectivity index (χ4v) is 2.39. The lowest BCUT2D eigenvalue weighted by Gasteiger charge is -2.35. The van der Waals surface area contributed by atoms with Crippen LogP contribution in [0, 0.1) is 6.92 Å². The molecule has 0 radical (unpaired) electrons. The van der Waals surface area contributed by atoms with Crippen LogP contribution in [0.2, 0.25) is 0 Å². The fourth-order valence-electron chi connectivity index (χ4n) is 2.39. The van der Waals surface area contributed by atoms with Crippen LogP contribution >= 0.6 is 0 Å². The molecule has 2 N–H and O–H groups in total. The minimum atomic E-state index is -0.222. The quantitative estimate of drug-likeness (QED) is 0.885.